The smallest absolute Gasteiger partial charge is 0.243 e. The van der Waals surface area contributed by atoms with Crippen LogP contribution in [0.25, 0.3) is 0 Å². The summed E-state index contributed by atoms with van der Waals surface area (Å²) in [7, 11) is 0. The summed E-state index contributed by atoms with van der Waals surface area (Å²) in [6.45, 7) is 5.58. The van der Waals surface area contributed by atoms with Crippen LogP contribution in [0.15, 0.2) is 4.52 Å². The molecule has 2 atom stereocenters. The maximum atomic E-state index is 5.38. The molecule has 0 radical (unpaired) electrons. The average molecular weight is 221 g/mol. The van der Waals surface area contributed by atoms with E-state index in [-0.39, 0.29) is 6.04 Å². The van der Waals surface area contributed by atoms with Gasteiger partial charge >= 0.3 is 0 Å². The highest BCUT2D eigenvalue weighted by atomic mass is 16.5. The summed E-state index contributed by atoms with van der Waals surface area (Å²) >= 11 is 0. The summed E-state index contributed by atoms with van der Waals surface area (Å²) in [5, 5.41) is 7.56. The zero-order valence-electron chi connectivity index (χ0n) is 9.99. The van der Waals surface area contributed by atoms with Crippen molar-refractivity contribution in [1.82, 2.24) is 15.5 Å². The third kappa shape index (κ3) is 1.75. The molecular formula is C12H19N3O. The molecule has 88 valence electrons. The van der Waals surface area contributed by atoms with E-state index in [0.29, 0.717) is 11.3 Å². The molecule has 2 fully saturated rings. The molecule has 0 bridgehead atoms. The van der Waals surface area contributed by atoms with E-state index in [4.69, 9.17) is 4.52 Å². The average Bonchev–Trinajstić information content (AvgIpc) is 2.76. The number of hydrogen-bond donors (Lipinski definition) is 1. The minimum atomic E-state index is 0.289. The molecule has 1 aromatic rings. The predicted octanol–water partition coefficient (Wildman–Crippen LogP) is 2.40. The molecule has 1 saturated carbocycles. The van der Waals surface area contributed by atoms with Crippen LogP contribution in [-0.4, -0.2) is 16.7 Å². The molecule has 1 aliphatic carbocycles. The van der Waals surface area contributed by atoms with E-state index >= 15 is 0 Å². The van der Waals surface area contributed by atoms with Gasteiger partial charge in [-0.15, -0.1) is 0 Å². The molecule has 1 unspecified atom stereocenters. The van der Waals surface area contributed by atoms with E-state index < -0.39 is 0 Å². The number of nitrogens with zero attached hydrogens (tertiary/aromatic N) is 2. The third-order valence-corrected chi connectivity index (χ3v) is 3.89. The molecule has 2 aliphatic rings. The van der Waals surface area contributed by atoms with Gasteiger partial charge in [-0.05, 0) is 31.2 Å². The van der Waals surface area contributed by atoms with E-state index in [1.807, 2.05) is 0 Å². The van der Waals surface area contributed by atoms with Crippen molar-refractivity contribution in [3.63, 3.8) is 0 Å². The van der Waals surface area contributed by atoms with Crippen molar-refractivity contribution in [2.75, 3.05) is 6.54 Å². The van der Waals surface area contributed by atoms with Crippen LogP contribution in [0.3, 0.4) is 0 Å². The van der Waals surface area contributed by atoms with Crippen LogP contribution < -0.4 is 5.32 Å². The van der Waals surface area contributed by atoms with Crippen molar-refractivity contribution >= 4 is 0 Å². The van der Waals surface area contributed by atoms with Gasteiger partial charge in [0.25, 0.3) is 0 Å². The van der Waals surface area contributed by atoms with E-state index in [0.717, 1.165) is 24.7 Å². The van der Waals surface area contributed by atoms with Crippen molar-refractivity contribution in [1.29, 1.82) is 0 Å². The van der Waals surface area contributed by atoms with Crippen LogP contribution in [0, 0.1) is 5.41 Å². The normalized spacial score (nSPS) is 32.6. The first kappa shape index (κ1) is 10.3. The van der Waals surface area contributed by atoms with Crippen molar-refractivity contribution in [2.45, 2.75) is 51.5 Å². The third-order valence-electron chi connectivity index (χ3n) is 3.89. The van der Waals surface area contributed by atoms with Crippen LogP contribution >= 0.6 is 0 Å². The van der Waals surface area contributed by atoms with Crippen LogP contribution in [0.4, 0.5) is 0 Å². The topological polar surface area (TPSA) is 51.0 Å². The Morgan fingerprint density at radius 1 is 1.38 bits per heavy atom. The fourth-order valence-electron chi connectivity index (χ4n) is 2.50. The Balaban J connectivity index is 1.72. The summed E-state index contributed by atoms with van der Waals surface area (Å²) in [6, 6.07) is 0.289. The Hall–Kier alpha value is -0.900. The lowest BCUT2D eigenvalue weighted by Gasteiger charge is -2.19. The van der Waals surface area contributed by atoms with Gasteiger partial charge in [0, 0.05) is 5.92 Å². The summed E-state index contributed by atoms with van der Waals surface area (Å²) in [4.78, 5) is 4.55. The highest BCUT2D eigenvalue weighted by molar-refractivity contribution is 5.14. The zero-order chi connectivity index (χ0) is 11.2. The standard InChI is InChI=1S/C12H19N3O/c1-12(2)7-8(12)10-14-11(16-15-10)9-5-3-4-6-13-9/h8-9,13H,3-7H2,1-2H3/t8?,9-/m1/s1. The number of aromatic nitrogens is 2. The fourth-order valence-corrected chi connectivity index (χ4v) is 2.50. The maximum Gasteiger partial charge on any atom is 0.243 e. The van der Waals surface area contributed by atoms with Crippen LogP contribution in [0.5, 0.6) is 0 Å². The molecule has 1 N–H and O–H groups in total. The fraction of sp³-hybridized carbons (Fsp3) is 0.833. The second-order valence-electron chi connectivity index (χ2n) is 5.74. The van der Waals surface area contributed by atoms with Gasteiger partial charge in [-0.3, -0.25) is 0 Å². The number of rotatable bonds is 2. The Labute approximate surface area is 95.8 Å². The summed E-state index contributed by atoms with van der Waals surface area (Å²) in [5.74, 6) is 2.21. The predicted molar refractivity (Wildman–Crippen MR) is 60.0 cm³/mol. The van der Waals surface area contributed by atoms with Gasteiger partial charge in [0.15, 0.2) is 5.82 Å². The summed E-state index contributed by atoms with van der Waals surface area (Å²) in [5.41, 5.74) is 0.376. The van der Waals surface area contributed by atoms with Crippen molar-refractivity contribution in [3.05, 3.63) is 11.7 Å². The van der Waals surface area contributed by atoms with Gasteiger partial charge in [0.05, 0.1) is 6.04 Å². The Morgan fingerprint density at radius 3 is 2.81 bits per heavy atom. The van der Waals surface area contributed by atoms with Crippen molar-refractivity contribution in [3.8, 4) is 0 Å². The molecule has 1 saturated heterocycles. The lowest BCUT2D eigenvalue weighted by molar-refractivity contribution is 0.295. The minimum absolute atomic E-state index is 0.289. The molecule has 3 rings (SSSR count). The molecule has 2 heterocycles. The lowest BCUT2D eigenvalue weighted by atomic mass is 10.1. The molecule has 1 aromatic heterocycles. The molecule has 0 amide bonds. The second-order valence-corrected chi connectivity index (χ2v) is 5.74. The Bertz CT molecular complexity index is 379. The van der Waals surface area contributed by atoms with E-state index in [1.54, 1.807) is 0 Å². The Kier molecular flexibility index (Phi) is 2.28. The Morgan fingerprint density at radius 2 is 2.19 bits per heavy atom. The van der Waals surface area contributed by atoms with Gasteiger partial charge in [-0.25, -0.2) is 0 Å². The van der Waals surface area contributed by atoms with Crippen LogP contribution in [0.1, 0.15) is 63.2 Å². The molecule has 0 aromatic carbocycles. The molecular weight excluding hydrogens is 202 g/mol. The van der Waals surface area contributed by atoms with Crippen LogP contribution in [0.2, 0.25) is 0 Å². The van der Waals surface area contributed by atoms with Gasteiger partial charge in [-0.1, -0.05) is 25.4 Å². The van der Waals surface area contributed by atoms with E-state index in [1.165, 1.54) is 19.3 Å². The first-order valence-electron chi connectivity index (χ1n) is 6.24. The van der Waals surface area contributed by atoms with Gasteiger partial charge in [0.2, 0.25) is 5.89 Å². The highest BCUT2D eigenvalue weighted by Crippen LogP contribution is 2.57. The number of nitrogens with one attached hydrogen (secondary N) is 1. The van der Waals surface area contributed by atoms with Gasteiger partial charge in [-0.2, -0.15) is 4.98 Å². The zero-order valence-corrected chi connectivity index (χ0v) is 9.99. The first-order valence-corrected chi connectivity index (χ1v) is 6.24. The molecule has 4 nitrogen and oxygen atoms in total. The number of hydrogen-bond acceptors (Lipinski definition) is 4. The van der Waals surface area contributed by atoms with Gasteiger partial charge in [0.1, 0.15) is 0 Å². The van der Waals surface area contributed by atoms with Crippen molar-refractivity contribution in [2.24, 2.45) is 5.41 Å². The second kappa shape index (κ2) is 3.55. The SMILES string of the molecule is CC1(C)CC1c1noc([C@H]2CCCCN2)n1. The molecule has 4 heteroatoms. The monoisotopic (exact) mass is 221 g/mol. The largest absolute Gasteiger partial charge is 0.338 e. The molecule has 16 heavy (non-hydrogen) atoms. The quantitative estimate of drug-likeness (QED) is 0.833. The lowest BCUT2D eigenvalue weighted by Crippen LogP contribution is -2.27. The van der Waals surface area contributed by atoms with E-state index in [2.05, 4.69) is 29.3 Å². The highest BCUT2D eigenvalue weighted by Gasteiger charge is 2.49. The van der Waals surface area contributed by atoms with Crippen molar-refractivity contribution < 1.29 is 4.52 Å². The minimum Gasteiger partial charge on any atom is -0.338 e. The van der Waals surface area contributed by atoms with Crippen LogP contribution in [-0.2, 0) is 0 Å². The molecule has 0 spiro atoms. The summed E-state index contributed by atoms with van der Waals surface area (Å²) in [6.07, 6.45) is 4.82. The van der Waals surface area contributed by atoms with E-state index in [9.17, 15) is 0 Å². The number of piperidine rings is 1. The maximum absolute atomic E-state index is 5.38. The van der Waals surface area contributed by atoms with Gasteiger partial charge < -0.3 is 9.84 Å². The first-order chi connectivity index (χ1) is 7.67. The summed E-state index contributed by atoms with van der Waals surface area (Å²) < 4.78 is 5.38. The molecule has 1 aliphatic heterocycles.